The number of fused-ring (bicyclic) bond motifs is 1. The van der Waals surface area contributed by atoms with Crippen molar-refractivity contribution in [2.75, 3.05) is 22.9 Å². The third-order valence-electron chi connectivity index (χ3n) is 2.39. The van der Waals surface area contributed by atoms with Gasteiger partial charge in [-0.05, 0) is 0 Å². The van der Waals surface area contributed by atoms with E-state index in [1.54, 1.807) is 0 Å². The van der Waals surface area contributed by atoms with Crippen LogP contribution in [0.25, 0.3) is 0 Å². The number of nitrogens with one attached hydrogen (secondary N) is 3. The topological polar surface area (TPSA) is 130 Å². The maximum absolute atomic E-state index is 11.5. The Morgan fingerprint density at radius 3 is 2.82 bits per heavy atom. The van der Waals surface area contributed by atoms with Gasteiger partial charge in [-0.15, -0.1) is 0 Å². The summed E-state index contributed by atoms with van der Waals surface area (Å²) in [7, 11) is 0. The number of aromatic amines is 1. The van der Waals surface area contributed by atoms with E-state index in [0.29, 0.717) is 0 Å². The number of rotatable bonds is 2. The summed E-state index contributed by atoms with van der Waals surface area (Å²) in [4.78, 5) is 40.1. The van der Waals surface area contributed by atoms with Gasteiger partial charge in [0.05, 0.1) is 0 Å². The first-order valence-electron chi connectivity index (χ1n) is 4.94. The number of ketones is 2. The van der Waals surface area contributed by atoms with Crippen LogP contribution < -0.4 is 21.9 Å². The molecule has 1 atom stereocenters. The van der Waals surface area contributed by atoms with E-state index >= 15 is 0 Å². The molecule has 17 heavy (non-hydrogen) atoms. The number of hydrogen-bond acceptors (Lipinski definition) is 7. The lowest BCUT2D eigenvalue weighted by molar-refractivity contribution is -0.135. The molecule has 0 spiro atoms. The highest BCUT2D eigenvalue weighted by molar-refractivity contribution is 6.39. The molecule has 0 amide bonds. The molecular weight excluding hydrogens is 226 g/mol. The molecule has 0 saturated heterocycles. The van der Waals surface area contributed by atoms with Crippen molar-refractivity contribution in [3.8, 4) is 0 Å². The minimum Gasteiger partial charge on any atom is -0.369 e. The molecule has 0 radical (unpaired) electrons. The van der Waals surface area contributed by atoms with Gasteiger partial charge >= 0.3 is 0 Å². The lowest BCUT2D eigenvalue weighted by Gasteiger charge is -2.24. The zero-order valence-electron chi connectivity index (χ0n) is 9.03. The van der Waals surface area contributed by atoms with Gasteiger partial charge in [0.1, 0.15) is 11.7 Å². The summed E-state index contributed by atoms with van der Waals surface area (Å²) in [6.45, 7) is 1.37. The molecule has 1 aromatic rings. The molecule has 5 N–H and O–H groups in total. The summed E-state index contributed by atoms with van der Waals surface area (Å²) >= 11 is 0. The number of nitrogens with two attached hydrogens (primary N) is 1. The predicted octanol–water partition coefficient (Wildman–Crippen LogP) is -1.28. The molecule has 2 heterocycles. The van der Waals surface area contributed by atoms with Gasteiger partial charge in [0.25, 0.3) is 5.56 Å². The van der Waals surface area contributed by atoms with E-state index in [2.05, 4.69) is 20.6 Å². The maximum atomic E-state index is 11.5. The molecule has 1 unspecified atom stereocenters. The van der Waals surface area contributed by atoms with Crippen LogP contribution >= 0.6 is 0 Å². The van der Waals surface area contributed by atoms with E-state index in [1.807, 2.05) is 0 Å². The quantitative estimate of drug-likeness (QED) is 0.471. The van der Waals surface area contributed by atoms with Crippen LogP contribution in [0, 0.1) is 0 Å². The van der Waals surface area contributed by atoms with Gasteiger partial charge in [-0.2, -0.15) is 4.98 Å². The highest BCUT2D eigenvalue weighted by Gasteiger charge is 2.28. The molecular formula is C9H11N5O3. The van der Waals surface area contributed by atoms with Crippen LogP contribution in [0.1, 0.15) is 6.92 Å². The van der Waals surface area contributed by atoms with Crippen molar-refractivity contribution in [1.29, 1.82) is 0 Å². The van der Waals surface area contributed by atoms with E-state index in [1.165, 1.54) is 6.92 Å². The number of hydrogen-bond donors (Lipinski definition) is 4. The zero-order chi connectivity index (χ0) is 12.6. The Bertz CT molecular complexity index is 550. The number of anilines is 3. The smallest absolute Gasteiger partial charge is 0.277 e. The molecule has 0 bridgehead atoms. The van der Waals surface area contributed by atoms with Crippen LogP contribution in [0.15, 0.2) is 4.79 Å². The fourth-order valence-corrected chi connectivity index (χ4v) is 1.58. The first kappa shape index (κ1) is 11.1. The Labute approximate surface area is 95.6 Å². The number of carbonyl (C=O) groups excluding carboxylic acids is 2. The van der Waals surface area contributed by atoms with Gasteiger partial charge in [-0.1, -0.05) is 0 Å². The second-order valence-corrected chi connectivity index (χ2v) is 3.67. The minimum absolute atomic E-state index is 0.0144. The second kappa shape index (κ2) is 3.89. The van der Waals surface area contributed by atoms with E-state index in [4.69, 9.17) is 5.73 Å². The summed E-state index contributed by atoms with van der Waals surface area (Å²) in [5.74, 6) is -0.884. The molecule has 0 aliphatic carbocycles. The Morgan fingerprint density at radius 1 is 1.47 bits per heavy atom. The molecule has 0 aromatic carbocycles. The largest absolute Gasteiger partial charge is 0.369 e. The lowest BCUT2D eigenvalue weighted by atomic mass is 10.1. The number of Topliss-reactive ketones (excluding diaryl/α,β-unsaturated/α-hetero) is 2. The second-order valence-electron chi connectivity index (χ2n) is 3.67. The van der Waals surface area contributed by atoms with Crippen molar-refractivity contribution in [2.45, 2.75) is 13.0 Å². The minimum atomic E-state index is -0.758. The molecule has 1 aliphatic heterocycles. The molecule has 8 nitrogen and oxygen atoms in total. The highest BCUT2D eigenvalue weighted by atomic mass is 16.2. The first-order valence-corrected chi connectivity index (χ1v) is 4.94. The number of nitrogen functional groups attached to an aromatic ring is 1. The van der Waals surface area contributed by atoms with Gasteiger partial charge in [0.15, 0.2) is 11.6 Å². The molecule has 1 aromatic heterocycles. The number of nitrogens with zero attached hydrogens (tertiary/aromatic N) is 1. The average molecular weight is 237 g/mol. The summed E-state index contributed by atoms with van der Waals surface area (Å²) < 4.78 is 0. The van der Waals surface area contributed by atoms with Crippen molar-refractivity contribution in [3.05, 3.63) is 10.4 Å². The van der Waals surface area contributed by atoms with Gasteiger partial charge < -0.3 is 16.4 Å². The first-order chi connectivity index (χ1) is 7.99. The van der Waals surface area contributed by atoms with E-state index in [-0.39, 0.29) is 24.0 Å². The van der Waals surface area contributed by atoms with Gasteiger partial charge in [0, 0.05) is 13.5 Å². The zero-order valence-corrected chi connectivity index (χ0v) is 9.03. The van der Waals surface area contributed by atoms with Crippen molar-refractivity contribution < 1.29 is 9.59 Å². The fourth-order valence-electron chi connectivity index (χ4n) is 1.58. The Kier molecular flexibility index (Phi) is 2.54. The van der Waals surface area contributed by atoms with E-state index < -0.39 is 23.2 Å². The molecule has 2 rings (SSSR count). The monoisotopic (exact) mass is 237 g/mol. The lowest BCUT2D eigenvalue weighted by Crippen LogP contribution is -2.44. The molecule has 8 heteroatoms. The summed E-state index contributed by atoms with van der Waals surface area (Å²) in [6, 6.07) is -0.758. The molecule has 90 valence electrons. The van der Waals surface area contributed by atoms with E-state index in [9.17, 15) is 14.4 Å². The Balaban J connectivity index is 2.34. The van der Waals surface area contributed by atoms with Crippen LogP contribution in [0.4, 0.5) is 17.5 Å². The predicted molar refractivity (Wildman–Crippen MR) is 60.9 cm³/mol. The normalized spacial score (nSPS) is 17.6. The van der Waals surface area contributed by atoms with Gasteiger partial charge in [-0.25, -0.2) is 0 Å². The summed E-state index contributed by atoms with van der Waals surface area (Å²) in [6.07, 6.45) is 0. The standard InChI is InChI=1S/C9H11N5O3/c1-3(15)6(16)4-2-11-7-5(12-4)8(17)14-9(10)13-7/h4,12H,2H2,1H3,(H4,10,11,13,14,17). The van der Waals surface area contributed by atoms with Crippen LogP contribution in [0.2, 0.25) is 0 Å². The van der Waals surface area contributed by atoms with Crippen molar-refractivity contribution in [3.63, 3.8) is 0 Å². The van der Waals surface area contributed by atoms with Crippen molar-refractivity contribution in [2.24, 2.45) is 0 Å². The third kappa shape index (κ3) is 1.96. The molecule has 0 fully saturated rings. The van der Waals surface area contributed by atoms with Crippen molar-refractivity contribution in [1.82, 2.24) is 9.97 Å². The van der Waals surface area contributed by atoms with Gasteiger partial charge in [-0.3, -0.25) is 19.4 Å². The van der Waals surface area contributed by atoms with Crippen molar-refractivity contribution >= 4 is 29.0 Å². The summed E-state index contributed by atoms with van der Waals surface area (Å²) in [5, 5.41) is 5.46. The third-order valence-corrected chi connectivity index (χ3v) is 2.39. The molecule has 1 aliphatic rings. The van der Waals surface area contributed by atoms with Crippen LogP contribution in [-0.2, 0) is 9.59 Å². The Morgan fingerprint density at radius 2 is 2.18 bits per heavy atom. The number of aromatic nitrogens is 2. The summed E-state index contributed by atoms with van der Waals surface area (Å²) in [5.41, 5.74) is 5.00. The SMILES string of the molecule is CC(=O)C(=O)C1CNc2nc(N)[nH]c(=O)c2N1. The van der Waals surface area contributed by atoms with Gasteiger partial charge in [0.2, 0.25) is 11.7 Å². The van der Waals surface area contributed by atoms with Crippen LogP contribution in [0.3, 0.4) is 0 Å². The number of carbonyl (C=O) groups is 2. The van der Waals surface area contributed by atoms with E-state index in [0.717, 1.165) is 0 Å². The Hall–Kier alpha value is -2.38. The maximum Gasteiger partial charge on any atom is 0.277 e. The average Bonchev–Trinajstić information content (AvgIpc) is 2.27. The fraction of sp³-hybridized carbons (Fsp3) is 0.333. The van der Waals surface area contributed by atoms with Crippen LogP contribution in [0.5, 0.6) is 0 Å². The highest BCUT2D eigenvalue weighted by Crippen LogP contribution is 2.19. The number of H-pyrrole nitrogens is 1. The van der Waals surface area contributed by atoms with Crippen LogP contribution in [-0.4, -0.2) is 34.1 Å². The molecule has 0 saturated carbocycles.